The largest absolute Gasteiger partial charge is 0.322 e. The van der Waals surface area contributed by atoms with Crippen molar-refractivity contribution in [3.8, 4) is 0 Å². The maximum absolute atomic E-state index is 12.4. The number of hydrogen-bond acceptors (Lipinski definition) is 5. The van der Waals surface area contributed by atoms with E-state index in [1.807, 2.05) is 0 Å². The fourth-order valence-corrected chi connectivity index (χ4v) is 3.77. The molecule has 0 atom stereocenters. The molecule has 0 heterocycles. The molecule has 1 amide bonds. The summed E-state index contributed by atoms with van der Waals surface area (Å²) < 4.78 is 28.1. The van der Waals surface area contributed by atoms with Crippen molar-refractivity contribution in [1.82, 2.24) is 0 Å². The van der Waals surface area contributed by atoms with Gasteiger partial charge in [0.1, 0.15) is 0 Å². The van der Waals surface area contributed by atoms with Gasteiger partial charge in [0.2, 0.25) is 0 Å². The molecule has 148 valence electrons. The van der Waals surface area contributed by atoms with E-state index < -0.39 is 14.9 Å². The predicted octanol–water partition coefficient (Wildman–Crippen LogP) is 4.41. The van der Waals surface area contributed by atoms with Gasteiger partial charge in [0.25, 0.3) is 21.6 Å². The molecule has 0 fully saturated rings. The number of non-ortho nitro benzene ring substituents is 1. The standard InChI is InChI=1S/C19H14BrN3O5S/c20-14-6-10-15(11-7-14)21-19(24)13-4-8-16(9-5-13)22-29(27,28)18-3-1-2-17(12-18)23(25)26/h1-12,22H,(H,21,24). The van der Waals surface area contributed by atoms with Crippen LogP contribution in [0.3, 0.4) is 0 Å². The molecule has 0 unspecified atom stereocenters. The Kier molecular flexibility index (Phi) is 5.95. The minimum absolute atomic E-state index is 0.219. The average Bonchev–Trinajstić information content (AvgIpc) is 2.70. The van der Waals surface area contributed by atoms with E-state index in [0.29, 0.717) is 11.3 Å². The van der Waals surface area contributed by atoms with Gasteiger partial charge in [-0.3, -0.25) is 19.6 Å². The van der Waals surface area contributed by atoms with E-state index in [2.05, 4.69) is 26.0 Å². The van der Waals surface area contributed by atoms with E-state index >= 15 is 0 Å². The summed E-state index contributed by atoms with van der Waals surface area (Å²) in [6, 6.07) is 17.6. The zero-order valence-electron chi connectivity index (χ0n) is 14.7. The number of hydrogen-bond donors (Lipinski definition) is 2. The summed E-state index contributed by atoms with van der Waals surface area (Å²) in [4.78, 5) is 22.2. The number of rotatable bonds is 6. The molecule has 0 aromatic heterocycles. The second-order valence-corrected chi connectivity index (χ2v) is 8.50. The van der Waals surface area contributed by atoms with Crippen LogP contribution in [-0.4, -0.2) is 19.2 Å². The Bertz CT molecular complexity index is 1160. The fourth-order valence-electron chi connectivity index (χ4n) is 2.40. The third-order valence-electron chi connectivity index (χ3n) is 3.84. The van der Waals surface area contributed by atoms with Gasteiger partial charge in [-0.15, -0.1) is 0 Å². The molecule has 3 rings (SSSR count). The molecule has 8 nitrogen and oxygen atoms in total. The molecule has 0 radical (unpaired) electrons. The molecule has 2 N–H and O–H groups in total. The van der Waals surface area contributed by atoms with Gasteiger partial charge in [0, 0.05) is 33.5 Å². The Morgan fingerprint density at radius 2 is 1.55 bits per heavy atom. The lowest BCUT2D eigenvalue weighted by molar-refractivity contribution is -0.385. The smallest absolute Gasteiger partial charge is 0.270 e. The van der Waals surface area contributed by atoms with E-state index in [1.54, 1.807) is 24.3 Å². The number of amides is 1. The summed E-state index contributed by atoms with van der Waals surface area (Å²) in [6.45, 7) is 0. The van der Waals surface area contributed by atoms with Gasteiger partial charge < -0.3 is 5.32 Å². The van der Waals surface area contributed by atoms with E-state index in [-0.39, 0.29) is 22.2 Å². The number of benzene rings is 3. The Morgan fingerprint density at radius 3 is 2.17 bits per heavy atom. The first-order chi connectivity index (χ1) is 13.7. The molecule has 3 aromatic carbocycles. The molecule has 3 aromatic rings. The zero-order chi connectivity index (χ0) is 21.0. The maximum Gasteiger partial charge on any atom is 0.270 e. The van der Waals surface area contributed by atoms with Crippen LogP contribution in [0.25, 0.3) is 0 Å². The monoisotopic (exact) mass is 475 g/mol. The van der Waals surface area contributed by atoms with Crippen molar-refractivity contribution in [1.29, 1.82) is 0 Å². The maximum atomic E-state index is 12.4. The molecule has 29 heavy (non-hydrogen) atoms. The highest BCUT2D eigenvalue weighted by molar-refractivity contribution is 9.10. The van der Waals surface area contributed by atoms with Crippen LogP contribution < -0.4 is 10.0 Å². The second-order valence-electron chi connectivity index (χ2n) is 5.90. The average molecular weight is 476 g/mol. The molecule has 0 saturated carbocycles. The van der Waals surface area contributed by atoms with Crippen molar-refractivity contribution < 1.29 is 18.1 Å². The van der Waals surface area contributed by atoms with Crippen LogP contribution in [0, 0.1) is 10.1 Å². The second kappa shape index (κ2) is 8.41. The molecule has 10 heteroatoms. The Hall–Kier alpha value is -3.24. The van der Waals surface area contributed by atoms with Crippen LogP contribution in [0.4, 0.5) is 17.1 Å². The predicted molar refractivity (Wildman–Crippen MR) is 112 cm³/mol. The lowest BCUT2D eigenvalue weighted by atomic mass is 10.2. The molecular formula is C19H14BrN3O5S. The van der Waals surface area contributed by atoms with Crippen molar-refractivity contribution in [2.24, 2.45) is 0 Å². The molecule has 0 bridgehead atoms. The molecule has 0 spiro atoms. The van der Waals surface area contributed by atoms with Gasteiger partial charge in [-0.25, -0.2) is 8.42 Å². The molecule has 0 aliphatic rings. The first-order valence-electron chi connectivity index (χ1n) is 8.19. The molecule has 0 aliphatic carbocycles. The topological polar surface area (TPSA) is 118 Å². The van der Waals surface area contributed by atoms with Gasteiger partial charge in [-0.05, 0) is 54.6 Å². The van der Waals surface area contributed by atoms with E-state index in [9.17, 15) is 23.3 Å². The van der Waals surface area contributed by atoms with Crippen molar-refractivity contribution in [2.75, 3.05) is 10.0 Å². The van der Waals surface area contributed by atoms with Crippen LogP contribution in [0.2, 0.25) is 0 Å². The Morgan fingerprint density at radius 1 is 0.931 bits per heavy atom. The first-order valence-corrected chi connectivity index (χ1v) is 10.5. The SMILES string of the molecule is O=C(Nc1ccc(Br)cc1)c1ccc(NS(=O)(=O)c2cccc([N+](=O)[O-])c2)cc1. The minimum atomic E-state index is -4.01. The van der Waals surface area contributed by atoms with Crippen LogP contribution >= 0.6 is 15.9 Å². The van der Waals surface area contributed by atoms with E-state index in [1.165, 1.54) is 42.5 Å². The highest BCUT2D eigenvalue weighted by Crippen LogP contribution is 2.21. The van der Waals surface area contributed by atoms with Crippen molar-refractivity contribution in [2.45, 2.75) is 4.90 Å². The first kappa shape index (κ1) is 20.5. The summed E-state index contributed by atoms with van der Waals surface area (Å²) in [5.74, 6) is -0.347. The van der Waals surface area contributed by atoms with Gasteiger partial charge in [-0.1, -0.05) is 22.0 Å². The summed E-state index contributed by atoms with van der Waals surface area (Å²) in [7, 11) is -4.01. The number of carbonyl (C=O) groups is 1. The van der Waals surface area contributed by atoms with Gasteiger partial charge in [-0.2, -0.15) is 0 Å². The lowest BCUT2D eigenvalue weighted by Crippen LogP contribution is -2.14. The van der Waals surface area contributed by atoms with E-state index in [0.717, 1.165) is 10.5 Å². The van der Waals surface area contributed by atoms with Crippen LogP contribution in [0.15, 0.2) is 82.2 Å². The summed E-state index contributed by atoms with van der Waals surface area (Å²) in [5, 5.41) is 13.6. The number of nitrogens with zero attached hydrogens (tertiary/aromatic N) is 1. The normalized spacial score (nSPS) is 10.9. The number of nitrogens with one attached hydrogen (secondary N) is 2. The van der Waals surface area contributed by atoms with Crippen LogP contribution in [0.5, 0.6) is 0 Å². The third-order valence-corrected chi connectivity index (χ3v) is 5.75. The third kappa shape index (κ3) is 5.18. The van der Waals surface area contributed by atoms with E-state index in [4.69, 9.17) is 0 Å². The number of halogens is 1. The zero-order valence-corrected chi connectivity index (χ0v) is 17.1. The quantitative estimate of drug-likeness (QED) is 0.404. The minimum Gasteiger partial charge on any atom is -0.322 e. The Balaban J connectivity index is 1.72. The number of nitro groups is 1. The number of carbonyl (C=O) groups excluding carboxylic acids is 1. The van der Waals surface area contributed by atoms with Gasteiger partial charge in [0.15, 0.2) is 0 Å². The van der Waals surface area contributed by atoms with Gasteiger partial charge >= 0.3 is 0 Å². The van der Waals surface area contributed by atoms with Gasteiger partial charge in [0.05, 0.1) is 9.82 Å². The summed E-state index contributed by atoms with van der Waals surface area (Å²) in [6.07, 6.45) is 0. The van der Waals surface area contributed by atoms with Crippen molar-refractivity contribution in [3.05, 3.63) is 92.9 Å². The molecule has 0 aliphatic heterocycles. The summed E-state index contributed by atoms with van der Waals surface area (Å²) >= 11 is 3.31. The number of anilines is 2. The Labute approximate surface area is 174 Å². The summed E-state index contributed by atoms with van der Waals surface area (Å²) in [5.41, 5.74) is 0.851. The highest BCUT2D eigenvalue weighted by Gasteiger charge is 2.18. The fraction of sp³-hybridized carbons (Fsp3) is 0. The number of nitro benzene ring substituents is 1. The van der Waals surface area contributed by atoms with Crippen molar-refractivity contribution >= 4 is 48.9 Å². The lowest BCUT2D eigenvalue weighted by Gasteiger charge is -2.09. The highest BCUT2D eigenvalue weighted by atomic mass is 79.9. The number of sulfonamides is 1. The van der Waals surface area contributed by atoms with Crippen molar-refractivity contribution in [3.63, 3.8) is 0 Å². The van der Waals surface area contributed by atoms with Crippen LogP contribution in [-0.2, 0) is 10.0 Å². The molecule has 0 saturated heterocycles. The molecular weight excluding hydrogens is 462 g/mol. The van der Waals surface area contributed by atoms with Crippen LogP contribution in [0.1, 0.15) is 10.4 Å².